The average Bonchev–Trinajstić information content (AvgIpc) is 2.63. The highest BCUT2D eigenvalue weighted by Gasteiger charge is 2.49. The second-order valence-electron chi connectivity index (χ2n) is 5.10. The van der Waals surface area contributed by atoms with E-state index >= 15 is 0 Å². The predicted octanol–water partition coefficient (Wildman–Crippen LogP) is 2.09. The first-order valence-electron chi connectivity index (χ1n) is 4.98. The van der Waals surface area contributed by atoms with E-state index in [4.69, 9.17) is 4.74 Å². The molecule has 0 aromatic heterocycles. The molecule has 3 heteroatoms. The summed E-state index contributed by atoms with van der Waals surface area (Å²) in [6, 6.07) is 0. The van der Waals surface area contributed by atoms with Crippen molar-refractivity contribution in [2.75, 3.05) is 0 Å². The molecule has 1 fully saturated rings. The average molecular weight is 198 g/mol. The third-order valence-corrected chi connectivity index (χ3v) is 2.50. The molecule has 80 valence electrons. The molecule has 0 radical (unpaired) electrons. The minimum Gasteiger partial charge on any atom is -0.460 e. The molecule has 1 saturated carbocycles. The molecule has 0 N–H and O–H groups in total. The summed E-state index contributed by atoms with van der Waals surface area (Å²) >= 11 is 0. The van der Waals surface area contributed by atoms with Gasteiger partial charge >= 0.3 is 5.97 Å². The van der Waals surface area contributed by atoms with Gasteiger partial charge in [0.05, 0.1) is 6.42 Å². The fraction of sp³-hybridized carbons (Fsp3) is 0.818. The summed E-state index contributed by atoms with van der Waals surface area (Å²) in [5, 5.41) is 0. The summed E-state index contributed by atoms with van der Waals surface area (Å²) in [7, 11) is 0. The third-order valence-electron chi connectivity index (χ3n) is 2.50. The first-order chi connectivity index (χ1) is 6.25. The van der Waals surface area contributed by atoms with Gasteiger partial charge in [-0.15, -0.1) is 0 Å². The summed E-state index contributed by atoms with van der Waals surface area (Å²) in [6.07, 6.45) is 1.92. The standard InChI is InChI=1S/C11H18O3/c1-8(12)11(5-6-11)7-9(13)14-10(2,3)4/h5-7H2,1-4H3. The molecule has 3 nitrogen and oxygen atoms in total. The molecule has 1 rings (SSSR count). The van der Waals surface area contributed by atoms with E-state index in [0.717, 1.165) is 12.8 Å². The molecule has 0 spiro atoms. The molecule has 0 heterocycles. The van der Waals surface area contributed by atoms with E-state index in [9.17, 15) is 9.59 Å². The van der Waals surface area contributed by atoms with Crippen LogP contribution in [0.4, 0.5) is 0 Å². The van der Waals surface area contributed by atoms with Crippen molar-refractivity contribution < 1.29 is 14.3 Å². The number of carbonyl (C=O) groups excluding carboxylic acids is 2. The fourth-order valence-corrected chi connectivity index (χ4v) is 1.46. The monoisotopic (exact) mass is 198 g/mol. The van der Waals surface area contributed by atoms with Crippen LogP contribution in [0.2, 0.25) is 0 Å². The Labute approximate surface area is 84.8 Å². The lowest BCUT2D eigenvalue weighted by Crippen LogP contribution is -2.27. The van der Waals surface area contributed by atoms with Crippen LogP contribution in [-0.2, 0) is 14.3 Å². The molecule has 1 aliphatic carbocycles. The lowest BCUT2D eigenvalue weighted by Gasteiger charge is -2.21. The van der Waals surface area contributed by atoms with Gasteiger partial charge in [0.15, 0.2) is 0 Å². The highest BCUT2D eigenvalue weighted by atomic mass is 16.6. The van der Waals surface area contributed by atoms with Crippen molar-refractivity contribution in [3.63, 3.8) is 0 Å². The smallest absolute Gasteiger partial charge is 0.307 e. The quantitative estimate of drug-likeness (QED) is 0.652. The van der Waals surface area contributed by atoms with Gasteiger partial charge in [-0.25, -0.2) is 0 Å². The lowest BCUT2D eigenvalue weighted by atomic mass is 9.98. The van der Waals surface area contributed by atoms with Crippen molar-refractivity contribution in [3.8, 4) is 0 Å². The summed E-state index contributed by atoms with van der Waals surface area (Å²) in [6.45, 7) is 7.05. The largest absolute Gasteiger partial charge is 0.460 e. The van der Waals surface area contributed by atoms with E-state index in [1.165, 1.54) is 0 Å². The number of hydrogen-bond donors (Lipinski definition) is 0. The highest BCUT2D eigenvalue weighted by molar-refractivity contribution is 5.89. The van der Waals surface area contributed by atoms with Crippen LogP contribution in [-0.4, -0.2) is 17.4 Å². The Hall–Kier alpha value is -0.860. The number of esters is 1. The molecule has 0 aromatic carbocycles. The summed E-state index contributed by atoms with van der Waals surface area (Å²) in [5.41, 5.74) is -0.827. The van der Waals surface area contributed by atoms with Crippen molar-refractivity contribution >= 4 is 11.8 Å². The third kappa shape index (κ3) is 2.82. The van der Waals surface area contributed by atoms with Crippen LogP contribution in [0.3, 0.4) is 0 Å². The fourth-order valence-electron chi connectivity index (χ4n) is 1.46. The Bertz CT molecular complexity index is 256. The van der Waals surface area contributed by atoms with Crippen LogP contribution in [0.25, 0.3) is 0 Å². The van der Waals surface area contributed by atoms with Crippen molar-refractivity contribution in [3.05, 3.63) is 0 Å². The van der Waals surface area contributed by atoms with Crippen molar-refractivity contribution in [1.82, 2.24) is 0 Å². The van der Waals surface area contributed by atoms with E-state index in [1.54, 1.807) is 6.92 Å². The molecule has 0 amide bonds. The second kappa shape index (κ2) is 3.37. The Morgan fingerprint density at radius 2 is 1.79 bits per heavy atom. The molecule has 0 aliphatic heterocycles. The van der Waals surface area contributed by atoms with E-state index in [0.29, 0.717) is 0 Å². The maximum atomic E-state index is 11.4. The van der Waals surface area contributed by atoms with Gasteiger partial charge < -0.3 is 4.74 Å². The molecule has 0 atom stereocenters. The zero-order valence-corrected chi connectivity index (χ0v) is 9.35. The zero-order chi connectivity index (χ0) is 11.0. The van der Waals surface area contributed by atoms with E-state index in [2.05, 4.69) is 0 Å². The Kier molecular flexibility index (Phi) is 2.70. The zero-order valence-electron chi connectivity index (χ0n) is 9.35. The van der Waals surface area contributed by atoms with E-state index in [-0.39, 0.29) is 23.6 Å². The minimum atomic E-state index is -0.454. The minimum absolute atomic E-state index is 0.114. The number of carbonyl (C=O) groups is 2. The van der Waals surface area contributed by atoms with Crippen LogP contribution in [0.1, 0.15) is 47.0 Å². The van der Waals surface area contributed by atoms with Gasteiger partial charge in [0.1, 0.15) is 11.4 Å². The number of hydrogen-bond acceptors (Lipinski definition) is 3. The van der Waals surface area contributed by atoms with Gasteiger partial charge in [0, 0.05) is 5.41 Å². The van der Waals surface area contributed by atoms with Crippen LogP contribution in [0.5, 0.6) is 0 Å². The van der Waals surface area contributed by atoms with Gasteiger partial charge in [0.2, 0.25) is 0 Å². The van der Waals surface area contributed by atoms with Crippen LogP contribution >= 0.6 is 0 Å². The number of Topliss-reactive ketones (excluding diaryl/α,β-unsaturated/α-hetero) is 1. The van der Waals surface area contributed by atoms with Crippen LogP contribution in [0, 0.1) is 5.41 Å². The van der Waals surface area contributed by atoms with E-state index in [1.807, 2.05) is 20.8 Å². The first kappa shape index (κ1) is 11.2. The van der Waals surface area contributed by atoms with Gasteiger partial charge in [-0.1, -0.05) is 0 Å². The SMILES string of the molecule is CC(=O)C1(CC(=O)OC(C)(C)C)CC1. The molecule has 14 heavy (non-hydrogen) atoms. The maximum Gasteiger partial charge on any atom is 0.307 e. The number of ketones is 1. The summed E-state index contributed by atoms with van der Waals surface area (Å²) < 4.78 is 5.17. The molecular weight excluding hydrogens is 180 g/mol. The van der Waals surface area contributed by atoms with Crippen LogP contribution in [0.15, 0.2) is 0 Å². The second-order valence-corrected chi connectivity index (χ2v) is 5.10. The molecule has 0 aromatic rings. The highest BCUT2D eigenvalue weighted by Crippen LogP contribution is 2.49. The summed E-state index contributed by atoms with van der Waals surface area (Å²) in [4.78, 5) is 22.7. The molecule has 1 aliphatic rings. The van der Waals surface area contributed by atoms with Crippen molar-refractivity contribution in [1.29, 1.82) is 0 Å². The van der Waals surface area contributed by atoms with Gasteiger partial charge in [-0.3, -0.25) is 9.59 Å². The number of ether oxygens (including phenoxy) is 1. The molecule has 0 bridgehead atoms. The molecule has 0 unspecified atom stereocenters. The van der Waals surface area contributed by atoms with Gasteiger partial charge in [-0.05, 0) is 40.5 Å². The Morgan fingerprint density at radius 1 is 1.29 bits per heavy atom. The predicted molar refractivity (Wildman–Crippen MR) is 52.8 cm³/mol. The van der Waals surface area contributed by atoms with Crippen molar-refractivity contribution in [2.45, 2.75) is 52.6 Å². The normalized spacial score (nSPS) is 18.9. The van der Waals surface area contributed by atoms with Crippen molar-refractivity contribution in [2.24, 2.45) is 5.41 Å². The Balaban J connectivity index is 2.46. The van der Waals surface area contributed by atoms with Crippen LogP contribution < -0.4 is 0 Å². The van der Waals surface area contributed by atoms with Gasteiger partial charge in [0.25, 0.3) is 0 Å². The topological polar surface area (TPSA) is 43.4 Å². The maximum absolute atomic E-state index is 11.4. The molecule has 0 saturated heterocycles. The van der Waals surface area contributed by atoms with Gasteiger partial charge in [-0.2, -0.15) is 0 Å². The summed E-state index contributed by atoms with van der Waals surface area (Å²) in [5.74, 6) is -0.145. The number of rotatable bonds is 3. The lowest BCUT2D eigenvalue weighted by molar-refractivity contribution is -0.157. The Morgan fingerprint density at radius 3 is 2.07 bits per heavy atom. The molecular formula is C11H18O3. The first-order valence-corrected chi connectivity index (χ1v) is 4.98. The van der Waals surface area contributed by atoms with E-state index < -0.39 is 5.60 Å².